The third-order valence-corrected chi connectivity index (χ3v) is 4.34. The molecule has 0 aromatic carbocycles. The Morgan fingerprint density at radius 1 is 1.33 bits per heavy atom. The molecule has 1 fully saturated rings. The van der Waals surface area contributed by atoms with Crippen molar-refractivity contribution in [2.75, 3.05) is 11.9 Å². The fraction of sp³-hybridized carbons (Fsp3) is 0.647. The summed E-state index contributed by atoms with van der Waals surface area (Å²) in [6.07, 6.45) is 9.54. The monoisotopic (exact) mass is 289 g/mol. The summed E-state index contributed by atoms with van der Waals surface area (Å²) in [6.45, 7) is 4.77. The van der Waals surface area contributed by atoms with Gasteiger partial charge in [0.1, 0.15) is 5.69 Å². The van der Waals surface area contributed by atoms with E-state index in [1.54, 1.807) is 6.20 Å². The van der Waals surface area contributed by atoms with E-state index in [4.69, 9.17) is 0 Å². The molecule has 1 aromatic heterocycles. The van der Waals surface area contributed by atoms with Crippen LogP contribution in [0.15, 0.2) is 18.3 Å². The Hall–Kier alpha value is -1.58. The fourth-order valence-electron chi connectivity index (χ4n) is 3.20. The molecule has 116 valence electrons. The van der Waals surface area contributed by atoms with Crippen molar-refractivity contribution in [2.45, 2.75) is 58.4 Å². The Balaban J connectivity index is 2.03. The summed E-state index contributed by atoms with van der Waals surface area (Å²) >= 11 is 0. The maximum atomic E-state index is 11.9. The number of pyridine rings is 1. The van der Waals surface area contributed by atoms with Crippen molar-refractivity contribution in [3.63, 3.8) is 0 Å². The van der Waals surface area contributed by atoms with Gasteiger partial charge in [-0.25, -0.2) is 0 Å². The number of nitrogens with zero attached hydrogens (tertiary/aromatic N) is 1. The first-order valence-corrected chi connectivity index (χ1v) is 8.25. The topological polar surface area (TPSA) is 54.0 Å². The lowest BCUT2D eigenvalue weighted by atomic mass is 9.83. The van der Waals surface area contributed by atoms with Crippen molar-refractivity contribution in [3.05, 3.63) is 24.0 Å². The molecular weight excluding hydrogens is 262 g/mol. The van der Waals surface area contributed by atoms with Gasteiger partial charge in [-0.05, 0) is 44.2 Å². The summed E-state index contributed by atoms with van der Waals surface area (Å²) < 4.78 is 0. The lowest BCUT2D eigenvalue weighted by Crippen LogP contribution is -2.30. The highest BCUT2D eigenvalue weighted by molar-refractivity contribution is 5.93. The number of nitrogens with one attached hydrogen (secondary N) is 2. The van der Waals surface area contributed by atoms with Gasteiger partial charge >= 0.3 is 0 Å². The molecule has 1 amide bonds. The molecule has 2 N–H and O–H groups in total. The van der Waals surface area contributed by atoms with E-state index < -0.39 is 0 Å². The van der Waals surface area contributed by atoms with Crippen molar-refractivity contribution >= 4 is 11.6 Å². The third-order valence-electron chi connectivity index (χ3n) is 4.34. The average Bonchev–Trinajstić information content (AvgIpc) is 2.54. The molecule has 4 nitrogen and oxygen atoms in total. The van der Waals surface area contributed by atoms with E-state index in [2.05, 4.69) is 22.5 Å². The summed E-state index contributed by atoms with van der Waals surface area (Å²) in [5, 5.41) is 6.41. The lowest BCUT2D eigenvalue weighted by molar-refractivity contribution is 0.0951. The molecule has 0 spiro atoms. The molecule has 1 heterocycles. The molecule has 1 aromatic rings. The number of hydrogen-bond donors (Lipinski definition) is 2. The number of anilines is 1. The van der Waals surface area contributed by atoms with Gasteiger partial charge in [0, 0.05) is 24.5 Å². The van der Waals surface area contributed by atoms with Gasteiger partial charge in [0.05, 0.1) is 0 Å². The quantitative estimate of drug-likeness (QED) is 0.841. The van der Waals surface area contributed by atoms with Crippen LogP contribution in [0.1, 0.15) is 62.9 Å². The predicted molar refractivity (Wildman–Crippen MR) is 86.5 cm³/mol. The van der Waals surface area contributed by atoms with Gasteiger partial charge in [-0.2, -0.15) is 0 Å². The normalized spacial score (nSPS) is 17.2. The molecule has 1 aliphatic carbocycles. The summed E-state index contributed by atoms with van der Waals surface area (Å²) in [4.78, 5) is 16.0. The molecule has 4 heteroatoms. The summed E-state index contributed by atoms with van der Waals surface area (Å²) in [5.41, 5.74) is 1.49. The SMILES string of the molecule is CCNC(=O)c1cc(NC(CC)C2CCCCC2)ccn1. The Morgan fingerprint density at radius 3 is 2.76 bits per heavy atom. The van der Waals surface area contributed by atoms with E-state index in [0.29, 0.717) is 18.3 Å². The number of aromatic nitrogens is 1. The van der Waals surface area contributed by atoms with E-state index in [0.717, 1.165) is 18.0 Å². The first-order chi connectivity index (χ1) is 10.2. The molecule has 0 aliphatic heterocycles. The highest BCUT2D eigenvalue weighted by Gasteiger charge is 2.22. The molecule has 1 unspecified atom stereocenters. The van der Waals surface area contributed by atoms with E-state index in [9.17, 15) is 4.79 Å². The zero-order valence-corrected chi connectivity index (χ0v) is 13.2. The fourth-order valence-corrected chi connectivity index (χ4v) is 3.20. The van der Waals surface area contributed by atoms with Crippen LogP contribution in [-0.2, 0) is 0 Å². The Labute approximate surface area is 127 Å². The summed E-state index contributed by atoms with van der Waals surface area (Å²) in [5.74, 6) is 0.650. The Morgan fingerprint density at radius 2 is 2.10 bits per heavy atom. The van der Waals surface area contributed by atoms with Crippen LogP contribution in [0.5, 0.6) is 0 Å². The Kier molecular flexibility index (Phi) is 6.03. The Bertz CT molecular complexity index is 455. The van der Waals surface area contributed by atoms with Crippen LogP contribution >= 0.6 is 0 Å². The second kappa shape index (κ2) is 8.01. The molecule has 1 aliphatic rings. The molecule has 0 radical (unpaired) electrons. The van der Waals surface area contributed by atoms with Gasteiger partial charge in [0.15, 0.2) is 0 Å². The first-order valence-electron chi connectivity index (χ1n) is 8.25. The molecule has 0 saturated heterocycles. The van der Waals surface area contributed by atoms with Crippen LogP contribution in [-0.4, -0.2) is 23.5 Å². The van der Waals surface area contributed by atoms with Crippen LogP contribution < -0.4 is 10.6 Å². The van der Waals surface area contributed by atoms with Gasteiger partial charge < -0.3 is 10.6 Å². The minimum atomic E-state index is -0.105. The number of amides is 1. The molecule has 1 atom stereocenters. The standard InChI is InChI=1S/C17H27N3O/c1-3-15(13-8-6-5-7-9-13)20-14-10-11-19-16(12-14)17(21)18-4-2/h10-13,15H,3-9H2,1-2H3,(H,18,21)(H,19,20). The van der Waals surface area contributed by atoms with Gasteiger partial charge in [0.2, 0.25) is 0 Å². The maximum absolute atomic E-state index is 11.9. The van der Waals surface area contributed by atoms with E-state index in [1.807, 2.05) is 19.1 Å². The zero-order chi connectivity index (χ0) is 15.1. The molecule has 1 saturated carbocycles. The highest BCUT2D eigenvalue weighted by Crippen LogP contribution is 2.29. The van der Waals surface area contributed by atoms with Crippen molar-refractivity contribution in [3.8, 4) is 0 Å². The number of hydrogen-bond acceptors (Lipinski definition) is 3. The minimum Gasteiger partial charge on any atom is -0.382 e. The molecule has 0 bridgehead atoms. The average molecular weight is 289 g/mol. The van der Waals surface area contributed by atoms with Crippen LogP contribution in [0.3, 0.4) is 0 Å². The number of carbonyl (C=O) groups is 1. The number of carbonyl (C=O) groups excluding carboxylic acids is 1. The van der Waals surface area contributed by atoms with E-state index >= 15 is 0 Å². The minimum absolute atomic E-state index is 0.105. The van der Waals surface area contributed by atoms with Crippen LogP contribution in [0.4, 0.5) is 5.69 Å². The second-order valence-electron chi connectivity index (χ2n) is 5.85. The van der Waals surface area contributed by atoms with Crippen molar-refractivity contribution < 1.29 is 4.79 Å². The van der Waals surface area contributed by atoms with Crippen LogP contribution in [0.2, 0.25) is 0 Å². The lowest BCUT2D eigenvalue weighted by Gasteiger charge is -2.31. The van der Waals surface area contributed by atoms with Crippen molar-refractivity contribution in [1.82, 2.24) is 10.3 Å². The van der Waals surface area contributed by atoms with Gasteiger partial charge in [0.25, 0.3) is 5.91 Å². The van der Waals surface area contributed by atoms with Crippen LogP contribution in [0.25, 0.3) is 0 Å². The largest absolute Gasteiger partial charge is 0.382 e. The summed E-state index contributed by atoms with van der Waals surface area (Å²) in [7, 11) is 0. The van der Waals surface area contributed by atoms with E-state index in [1.165, 1.54) is 32.1 Å². The predicted octanol–water partition coefficient (Wildman–Crippen LogP) is 3.60. The maximum Gasteiger partial charge on any atom is 0.269 e. The van der Waals surface area contributed by atoms with Crippen LogP contribution in [0, 0.1) is 5.92 Å². The van der Waals surface area contributed by atoms with Gasteiger partial charge in [-0.1, -0.05) is 26.2 Å². The van der Waals surface area contributed by atoms with Gasteiger partial charge in [-0.15, -0.1) is 0 Å². The first kappa shape index (κ1) is 15.8. The highest BCUT2D eigenvalue weighted by atomic mass is 16.1. The van der Waals surface area contributed by atoms with Crippen molar-refractivity contribution in [2.24, 2.45) is 5.92 Å². The summed E-state index contributed by atoms with van der Waals surface area (Å²) in [6, 6.07) is 4.31. The smallest absolute Gasteiger partial charge is 0.269 e. The second-order valence-corrected chi connectivity index (χ2v) is 5.85. The van der Waals surface area contributed by atoms with Crippen molar-refractivity contribution in [1.29, 1.82) is 0 Å². The zero-order valence-electron chi connectivity index (χ0n) is 13.2. The molecule has 21 heavy (non-hydrogen) atoms. The molecular formula is C17H27N3O. The number of rotatable bonds is 6. The third kappa shape index (κ3) is 4.45. The molecule has 2 rings (SSSR count). The van der Waals surface area contributed by atoms with E-state index in [-0.39, 0.29) is 5.91 Å². The van der Waals surface area contributed by atoms with Gasteiger partial charge in [-0.3, -0.25) is 9.78 Å².